The molecular formula is C18H29NO3Si. The summed E-state index contributed by atoms with van der Waals surface area (Å²) in [6.45, 7) is 15.4. The molecule has 0 fully saturated rings. The van der Waals surface area contributed by atoms with E-state index in [1.54, 1.807) is 7.05 Å². The third-order valence-corrected chi connectivity index (χ3v) is 8.55. The van der Waals surface area contributed by atoms with Gasteiger partial charge in [-0.05, 0) is 23.7 Å². The number of carbonyl (C=O) groups excluding carboxylic acids is 1. The smallest absolute Gasteiger partial charge is 0.410 e. The first-order chi connectivity index (χ1) is 10.5. The zero-order chi connectivity index (χ0) is 17.7. The summed E-state index contributed by atoms with van der Waals surface area (Å²) in [4.78, 5) is 13.5. The quantitative estimate of drug-likeness (QED) is 0.554. The highest BCUT2D eigenvalue weighted by Gasteiger charge is 2.39. The molecule has 0 aliphatic carbocycles. The maximum absolute atomic E-state index is 12.0. The van der Waals surface area contributed by atoms with E-state index in [1.807, 2.05) is 30.3 Å². The van der Waals surface area contributed by atoms with Crippen LogP contribution in [0.3, 0.4) is 0 Å². The minimum atomic E-state index is -1.92. The first-order valence-corrected chi connectivity index (χ1v) is 10.7. The molecular weight excluding hydrogens is 306 g/mol. The first kappa shape index (κ1) is 19.3. The van der Waals surface area contributed by atoms with Gasteiger partial charge >= 0.3 is 6.09 Å². The van der Waals surface area contributed by atoms with E-state index in [0.717, 1.165) is 5.56 Å². The number of nitrogens with zero attached hydrogens (tertiary/aromatic N) is 1. The topological polar surface area (TPSA) is 38.8 Å². The van der Waals surface area contributed by atoms with Crippen LogP contribution in [0.2, 0.25) is 18.1 Å². The van der Waals surface area contributed by atoms with E-state index in [9.17, 15) is 4.79 Å². The Hall–Kier alpha value is -1.75. The second kappa shape index (κ2) is 7.68. The van der Waals surface area contributed by atoms with Crippen molar-refractivity contribution in [3.05, 3.63) is 48.2 Å². The average Bonchev–Trinajstić information content (AvgIpc) is 2.43. The Labute approximate surface area is 141 Å². The fraction of sp³-hybridized carbons (Fsp3) is 0.500. The number of likely N-dealkylation sites (N-methyl/N-ethyl adjacent to an activating group) is 1. The van der Waals surface area contributed by atoms with Gasteiger partial charge in [0.15, 0.2) is 0 Å². The Kier molecular flexibility index (Phi) is 6.44. The summed E-state index contributed by atoms with van der Waals surface area (Å²) in [5, 5.41) is 0.0995. The molecule has 0 aliphatic rings. The zero-order valence-corrected chi connectivity index (χ0v) is 16.2. The molecule has 1 rings (SSSR count). The highest BCUT2D eigenvalue weighted by Crippen LogP contribution is 2.37. The Morgan fingerprint density at radius 1 is 1.22 bits per heavy atom. The van der Waals surface area contributed by atoms with Crippen LogP contribution >= 0.6 is 0 Å². The largest absolute Gasteiger partial charge is 0.546 e. The van der Waals surface area contributed by atoms with Crippen molar-refractivity contribution < 1.29 is 14.0 Å². The van der Waals surface area contributed by atoms with Crippen molar-refractivity contribution in [3.8, 4) is 0 Å². The number of amides is 1. The molecule has 0 atom stereocenters. The second-order valence-corrected chi connectivity index (χ2v) is 12.0. The van der Waals surface area contributed by atoms with Crippen LogP contribution in [0.25, 0.3) is 0 Å². The summed E-state index contributed by atoms with van der Waals surface area (Å²) >= 11 is 0. The van der Waals surface area contributed by atoms with Gasteiger partial charge in [-0.15, -0.1) is 0 Å². The fourth-order valence-electron chi connectivity index (χ4n) is 1.70. The van der Waals surface area contributed by atoms with Gasteiger partial charge in [0.25, 0.3) is 0 Å². The van der Waals surface area contributed by atoms with Gasteiger partial charge in [-0.25, -0.2) is 4.79 Å². The van der Waals surface area contributed by atoms with Crippen LogP contribution in [0, 0.1) is 0 Å². The van der Waals surface area contributed by atoms with Gasteiger partial charge in [0.1, 0.15) is 6.61 Å². The molecule has 1 amide bonds. The lowest BCUT2D eigenvalue weighted by Gasteiger charge is -2.37. The SMILES string of the molecule is C=C(CN(C)C(=O)OCc1ccccc1)O[Si](C)(C)C(C)(C)C. The Morgan fingerprint density at radius 3 is 2.30 bits per heavy atom. The minimum Gasteiger partial charge on any atom is -0.546 e. The van der Waals surface area contributed by atoms with E-state index >= 15 is 0 Å². The van der Waals surface area contributed by atoms with Crippen LogP contribution in [0.15, 0.2) is 42.7 Å². The van der Waals surface area contributed by atoms with Crippen molar-refractivity contribution in [1.29, 1.82) is 0 Å². The molecule has 0 spiro atoms. The Morgan fingerprint density at radius 2 is 1.78 bits per heavy atom. The molecule has 1 aromatic rings. The summed E-state index contributed by atoms with van der Waals surface area (Å²) in [6.07, 6.45) is -0.381. The number of benzene rings is 1. The molecule has 128 valence electrons. The summed E-state index contributed by atoms with van der Waals surface area (Å²) < 4.78 is 11.4. The van der Waals surface area contributed by atoms with Gasteiger partial charge < -0.3 is 14.1 Å². The average molecular weight is 336 g/mol. The monoisotopic (exact) mass is 335 g/mol. The molecule has 4 nitrogen and oxygen atoms in total. The van der Waals surface area contributed by atoms with Gasteiger partial charge in [-0.3, -0.25) is 0 Å². The van der Waals surface area contributed by atoms with Crippen molar-refractivity contribution in [1.82, 2.24) is 4.90 Å². The molecule has 5 heteroatoms. The van der Waals surface area contributed by atoms with E-state index in [1.165, 1.54) is 4.90 Å². The van der Waals surface area contributed by atoms with Crippen LogP contribution in [-0.4, -0.2) is 32.9 Å². The highest BCUT2D eigenvalue weighted by molar-refractivity contribution is 6.74. The lowest BCUT2D eigenvalue weighted by Crippen LogP contribution is -2.42. The van der Waals surface area contributed by atoms with E-state index in [2.05, 4.69) is 40.4 Å². The van der Waals surface area contributed by atoms with Gasteiger partial charge in [0, 0.05) is 7.05 Å². The lowest BCUT2D eigenvalue weighted by molar-refractivity contribution is 0.104. The molecule has 0 unspecified atom stereocenters. The summed E-state index contributed by atoms with van der Waals surface area (Å²) in [7, 11) is -0.231. The van der Waals surface area contributed by atoms with E-state index in [4.69, 9.17) is 9.16 Å². The molecule has 0 bridgehead atoms. The van der Waals surface area contributed by atoms with Crippen LogP contribution in [0.4, 0.5) is 4.79 Å². The number of hydrogen-bond acceptors (Lipinski definition) is 3. The number of carbonyl (C=O) groups is 1. The maximum atomic E-state index is 12.0. The Balaban J connectivity index is 2.47. The van der Waals surface area contributed by atoms with E-state index in [-0.39, 0.29) is 17.7 Å². The summed E-state index contributed by atoms with van der Waals surface area (Å²) in [5.74, 6) is 0.607. The second-order valence-electron chi connectivity index (χ2n) is 7.30. The number of ether oxygens (including phenoxy) is 1. The normalized spacial score (nSPS) is 11.7. The molecule has 0 aromatic heterocycles. The van der Waals surface area contributed by atoms with E-state index in [0.29, 0.717) is 12.3 Å². The molecule has 1 aromatic carbocycles. The third kappa shape index (κ3) is 6.10. The zero-order valence-electron chi connectivity index (χ0n) is 15.2. The third-order valence-electron chi connectivity index (χ3n) is 4.14. The predicted molar refractivity (Wildman–Crippen MR) is 96.7 cm³/mol. The number of hydrogen-bond donors (Lipinski definition) is 0. The Bertz CT molecular complexity index is 535. The first-order valence-electron chi connectivity index (χ1n) is 7.81. The maximum Gasteiger partial charge on any atom is 0.410 e. The lowest BCUT2D eigenvalue weighted by atomic mass is 10.2. The van der Waals surface area contributed by atoms with Gasteiger partial charge in [0.2, 0.25) is 8.32 Å². The van der Waals surface area contributed by atoms with Gasteiger partial charge in [0.05, 0.1) is 12.3 Å². The fourth-order valence-corrected chi connectivity index (χ4v) is 2.80. The van der Waals surface area contributed by atoms with Crippen molar-refractivity contribution in [2.24, 2.45) is 0 Å². The number of rotatable bonds is 6. The molecule has 0 aliphatic heterocycles. The predicted octanol–water partition coefficient (Wildman–Crippen LogP) is 4.79. The molecule has 23 heavy (non-hydrogen) atoms. The summed E-state index contributed by atoms with van der Waals surface area (Å²) in [5.41, 5.74) is 0.964. The summed E-state index contributed by atoms with van der Waals surface area (Å²) in [6, 6.07) is 9.61. The molecule has 0 saturated heterocycles. The highest BCUT2D eigenvalue weighted by atomic mass is 28.4. The van der Waals surface area contributed by atoms with Crippen LogP contribution in [0.5, 0.6) is 0 Å². The van der Waals surface area contributed by atoms with Crippen molar-refractivity contribution in [2.75, 3.05) is 13.6 Å². The van der Waals surface area contributed by atoms with E-state index < -0.39 is 8.32 Å². The molecule has 0 heterocycles. The standard InChI is InChI=1S/C18H29NO3Si/c1-15(22-23(6,7)18(2,3)4)13-19(5)17(20)21-14-16-11-9-8-10-12-16/h8-12H,1,13-14H2,2-7H3. The van der Waals surface area contributed by atoms with Crippen molar-refractivity contribution >= 4 is 14.4 Å². The van der Waals surface area contributed by atoms with Crippen molar-refractivity contribution in [2.45, 2.75) is 45.5 Å². The van der Waals surface area contributed by atoms with Gasteiger partial charge in [-0.2, -0.15) is 0 Å². The van der Waals surface area contributed by atoms with Crippen molar-refractivity contribution in [3.63, 3.8) is 0 Å². The molecule has 0 N–H and O–H groups in total. The van der Waals surface area contributed by atoms with Gasteiger partial charge in [-0.1, -0.05) is 57.7 Å². The minimum absolute atomic E-state index is 0.0995. The van der Waals surface area contributed by atoms with Crippen LogP contribution in [-0.2, 0) is 15.8 Å². The molecule has 0 saturated carbocycles. The van der Waals surface area contributed by atoms with Crippen LogP contribution < -0.4 is 0 Å². The molecule has 0 radical (unpaired) electrons. The van der Waals surface area contributed by atoms with Crippen LogP contribution in [0.1, 0.15) is 26.3 Å².